The molecule has 0 aromatic heterocycles. The summed E-state index contributed by atoms with van der Waals surface area (Å²) in [4.78, 5) is 0. The molecule has 2 aromatic rings. The molecule has 2 unspecified atom stereocenters. The molecule has 0 N–H and O–H groups in total. The van der Waals surface area contributed by atoms with Gasteiger partial charge in [0.15, 0.2) is 0 Å². The van der Waals surface area contributed by atoms with E-state index in [0.717, 1.165) is 0 Å². The third kappa shape index (κ3) is 4.44. The van der Waals surface area contributed by atoms with Crippen LogP contribution in [0.4, 0.5) is 0 Å². The van der Waals surface area contributed by atoms with Gasteiger partial charge in [-0.2, -0.15) is 0 Å². The predicted octanol–water partition coefficient (Wildman–Crippen LogP) is 9.90. The number of halogens is 2. The van der Waals surface area contributed by atoms with Crippen LogP contribution in [0.25, 0.3) is 11.1 Å². The molecular weight excluding hydrogens is 507 g/mol. The van der Waals surface area contributed by atoms with Gasteiger partial charge in [0, 0.05) is 0 Å². The van der Waals surface area contributed by atoms with Gasteiger partial charge in [-0.05, 0) is 0 Å². The summed E-state index contributed by atoms with van der Waals surface area (Å²) in [5.74, 6) is 0.882. The van der Waals surface area contributed by atoms with E-state index in [-0.39, 0.29) is 8.45 Å². The summed E-state index contributed by atoms with van der Waals surface area (Å²) in [6.45, 7) is 12.4. The van der Waals surface area contributed by atoms with Crippen LogP contribution in [0.15, 0.2) is 96.1 Å². The van der Waals surface area contributed by atoms with Crippen molar-refractivity contribution < 1.29 is 12.4 Å². The number of hydrogen-bond acceptors (Lipinski definition) is 0. The SMILES string of the molecule is CC(C)C1=C[CH]([Ti]([Cl])([Cl])([CH]2C=C(C(C)C)C=C2c2ccccc2)[SiH](C)C)C(c2ccccc2)=C1. The van der Waals surface area contributed by atoms with E-state index >= 15 is 0 Å². The molecule has 4 heteroatoms. The minimum absolute atomic E-state index is 0.103. The van der Waals surface area contributed by atoms with Gasteiger partial charge < -0.3 is 0 Å². The molecule has 34 heavy (non-hydrogen) atoms. The topological polar surface area (TPSA) is 0 Å². The van der Waals surface area contributed by atoms with Crippen LogP contribution in [0.5, 0.6) is 0 Å². The van der Waals surface area contributed by atoms with Crippen molar-refractivity contribution in [2.45, 2.75) is 49.2 Å². The fourth-order valence-corrected chi connectivity index (χ4v) is 23.8. The maximum atomic E-state index is 8.22. The van der Waals surface area contributed by atoms with Crippen molar-refractivity contribution in [1.82, 2.24) is 0 Å². The van der Waals surface area contributed by atoms with Crippen LogP contribution in [0, 0.1) is 11.8 Å². The van der Waals surface area contributed by atoms with E-state index in [9.17, 15) is 0 Å². The number of benzene rings is 2. The van der Waals surface area contributed by atoms with E-state index in [1.807, 2.05) is 0 Å². The summed E-state index contributed by atoms with van der Waals surface area (Å²) in [7, 11) is 16.4. The van der Waals surface area contributed by atoms with Gasteiger partial charge in [0.05, 0.1) is 0 Å². The van der Waals surface area contributed by atoms with Gasteiger partial charge in [-0.25, -0.2) is 0 Å². The molecule has 179 valence electrons. The van der Waals surface area contributed by atoms with E-state index < -0.39 is 19.1 Å². The molecule has 0 aliphatic heterocycles. The Labute approximate surface area is 215 Å². The van der Waals surface area contributed by atoms with Crippen LogP contribution in [-0.2, 0) is 12.4 Å². The van der Waals surface area contributed by atoms with Crippen molar-refractivity contribution in [3.63, 3.8) is 0 Å². The molecule has 0 fully saturated rings. The van der Waals surface area contributed by atoms with Crippen molar-refractivity contribution in [3.05, 3.63) is 107 Å². The van der Waals surface area contributed by atoms with Gasteiger partial charge >= 0.3 is 217 Å². The number of hydrogen-bond donors (Lipinski definition) is 0. The van der Waals surface area contributed by atoms with Gasteiger partial charge in [0.2, 0.25) is 0 Å². The molecule has 0 nitrogen and oxygen atoms in total. The first-order chi connectivity index (χ1) is 16.0. The number of rotatable bonds is 7. The summed E-state index contributed by atoms with van der Waals surface area (Å²) in [6.07, 6.45) is 9.70. The van der Waals surface area contributed by atoms with Crippen molar-refractivity contribution >= 4 is 36.4 Å². The Morgan fingerprint density at radius 2 is 1.00 bits per heavy atom. The minimum atomic E-state index is -4.28. The van der Waals surface area contributed by atoms with E-state index in [4.69, 9.17) is 18.6 Å². The molecule has 2 aromatic carbocycles. The van der Waals surface area contributed by atoms with E-state index in [2.05, 4.69) is 126 Å². The second-order valence-electron chi connectivity index (χ2n) is 10.9. The Morgan fingerprint density at radius 1 is 0.647 bits per heavy atom. The Kier molecular flexibility index (Phi) is 7.46. The summed E-state index contributed by atoms with van der Waals surface area (Å²) in [5, 5.41) is 0. The van der Waals surface area contributed by atoms with Gasteiger partial charge in [0.1, 0.15) is 0 Å². The van der Waals surface area contributed by atoms with Crippen LogP contribution >= 0.6 is 18.6 Å². The second kappa shape index (κ2) is 9.75. The molecule has 0 radical (unpaired) electrons. The molecule has 0 saturated carbocycles. The standard InChI is InChI=1S/2C14H15.C2H7Si.2ClH.Ti/c2*1-11(2)13-8-9-14(10-13)12-6-4-3-5-7-12;1-3-2;;;/h2*3-11H,1-2H3;3H,1-2H3;2*1H;/q;;;;;+2/p-2. The summed E-state index contributed by atoms with van der Waals surface area (Å²) >= 11 is -4.28. The average Bonchev–Trinajstić information content (AvgIpc) is 3.47. The van der Waals surface area contributed by atoms with Crippen molar-refractivity contribution in [3.8, 4) is 0 Å². The molecule has 0 saturated heterocycles. The molecule has 0 amide bonds. The van der Waals surface area contributed by atoms with Crippen molar-refractivity contribution in [1.29, 1.82) is 0 Å². The number of allylic oxidation sites excluding steroid dienone is 8. The molecule has 4 rings (SSSR count). The Morgan fingerprint density at radius 3 is 1.29 bits per heavy atom. The summed E-state index contributed by atoms with van der Waals surface area (Å²) in [5.41, 5.74) is 7.89. The fraction of sp³-hybridized carbons (Fsp3) is 0.333. The first-order valence-corrected chi connectivity index (χ1v) is 24.3. The second-order valence-corrected chi connectivity index (χ2v) is 40.3. The van der Waals surface area contributed by atoms with E-state index in [0.29, 0.717) is 11.8 Å². The van der Waals surface area contributed by atoms with Crippen LogP contribution in [0.2, 0.25) is 21.5 Å². The van der Waals surface area contributed by atoms with E-state index in [1.165, 1.54) is 33.4 Å². The Hall–Kier alpha value is -1.09. The maximum absolute atomic E-state index is 8.22. The summed E-state index contributed by atoms with van der Waals surface area (Å²) in [6, 6.07) is 21.5. The Bertz CT molecular complexity index is 1080. The molecule has 0 heterocycles. The third-order valence-corrected chi connectivity index (χ3v) is 43.3. The predicted molar refractivity (Wildman–Crippen MR) is 153 cm³/mol. The van der Waals surface area contributed by atoms with Gasteiger partial charge in [-0.15, -0.1) is 0 Å². The zero-order valence-corrected chi connectivity index (χ0v) is 25.5. The van der Waals surface area contributed by atoms with Crippen LogP contribution in [-0.4, -0.2) is 6.66 Å². The molecule has 2 aliphatic rings. The monoisotopic (exact) mass is 543 g/mol. The van der Waals surface area contributed by atoms with Crippen molar-refractivity contribution in [2.75, 3.05) is 0 Å². The zero-order valence-electron chi connectivity index (χ0n) is 21.2. The van der Waals surface area contributed by atoms with Gasteiger partial charge in [-0.1, -0.05) is 0 Å². The van der Waals surface area contributed by atoms with Crippen molar-refractivity contribution in [2.24, 2.45) is 11.8 Å². The van der Waals surface area contributed by atoms with Gasteiger partial charge in [-0.3, -0.25) is 0 Å². The fourth-order valence-electron chi connectivity index (χ4n) is 5.53. The van der Waals surface area contributed by atoms with Gasteiger partial charge in [0.25, 0.3) is 0 Å². The average molecular weight is 544 g/mol. The van der Waals surface area contributed by atoms with Crippen LogP contribution in [0.1, 0.15) is 38.8 Å². The quantitative estimate of drug-likeness (QED) is 0.304. The van der Waals surface area contributed by atoms with Crippen LogP contribution in [0.3, 0.4) is 0 Å². The first kappa shape index (κ1) is 26.0. The Balaban J connectivity index is 1.95. The molecule has 2 aliphatic carbocycles. The molecule has 0 spiro atoms. The third-order valence-electron chi connectivity index (χ3n) is 7.87. The summed E-state index contributed by atoms with van der Waals surface area (Å²) < 4.78 is 0.207. The van der Waals surface area contributed by atoms with E-state index in [1.54, 1.807) is 0 Å². The first-order valence-electron chi connectivity index (χ1n) is 12.6. The molecule has 0 bridgehead atoms. The van der Waals surface area contributed by atoms with Crippen LogP contribution < -0.4 is 0 Å². The normalized spacial score (nSPS) is 21.9. The molecular formula is C30H37Cl2SiTi. The zero-order chi connectivity index (χ0) is 24.7. The molecule has 2 atom stereocenters.